The minimum absolute atomic E-state index is 0.189. The zero-order valence-corrected chi connectivity index (χ0v) is 10.2. The van der Waals surface area contributed by atoms with Crippen molar-refractivity contribution >= 4 is 22.8 Å². The molecule has 0 aromatic carbocycles. The highest BCUT2D eigenvalue weighted by molar-refractivity contribution is 6.33. The highest BCUT2D eigenvalue weighted by Crippen LogP contribution is 2.18. The molecule has 2 heterocycles. The summed E-state index contributed by atoms with van der Waals surface area (Å²) in [5, 5.41) is 0.321. The van der Waals surface area contributed by atoms with Gasteiger partial charge >= 0.3 is 5.69 Å². The first-order valence-corrected chi connectivity index (χ1v) is 5.49. The number of hydrogen-bond donors (Lipinski definition) is 1. The number of aryl methyl sites for hydroxylation is 1. The molecule has 0 saturated carbocycles. The molecule has 0 radical (unpaired) electrons. The Kier molecular flexibility index (Phi) is 2.71. The third-order valence-corrected chi connectivity index (χ3v) is 2.50. The maximum Gasteiger partial charge on any atom is 0.327 e. The van der Waals surface area contributed by atoms with Crippen LogP contribution in [0.1, 0.15) is 19.7 Å². The van der Waals surface area contributed by atoms with Crippen LogP contribution in [0, 0.1) is 12.8 Å². The van der Waals surface area contributed by atoms with Gasteiger partial charge in [-0.25, -0.2) is 14.8 Å². The molecular formula is C10H13ClN4O. The van der Waals surface area contributed by atoms with Crippen molar-refractivity contribution in [3.05, 3.63) is 21.5 Å². The Balaban J connectivity index is 2.74. The van der Waals surface area contributed by atoms with Crippen molar-refractivity contribution in [2.24, 2.45) is 5.92 Å². The van der Waals surface area contributed by atoms with E-state index in [-0.39, 0.29) is 5.69 Å². The molecule has 0 spiro atoms. The SMILES string of the molecule is Cc1nc(Cl)c2c(n1)[nH]c(=O)n2CC(C)C. The second-order valence-electron chi connectivity index (χ2n) is 4.19. The number of nitrogens with zero attached hydrogens (tertiary/aromatic N) is 3. The van der Waals surface area contributed by atoms with Crippen LogP contribution in [0.15, 0.2) is 4.79 Å². The predicted molar refractivity (Wildman–Crippen MR) is 62.7 cm³/mol. The lowest BCUT2D eigenvalue weighted by molar-refractivity contribution is 0.522. The van der Waals surface area contributed by atoms with E-state index in [0.29, 0.717) is 34.6 Å². The molecule has 0 unspecified atom stereocenters. The molecule has 1 N–H and O–H groups in total. The molecule has 0 fully saturated rings. The first-order chi connectivity index (χ1) is 7.49. The summed E-state index contributed by atoms with van der Waals surface area (Å²) in [6.45, 7) is 6.41. The van der Waals surface area contributed by atoms with Crippen molar-refractivity contribution in [2.45, 2.75) is 27.3 Å². The van der Waals surface area contributed by atoms with Crippen molar-refractivity contribution < 1.29 is 0 Å². The summed E-state index contributed by atoms with van der Waals surface area (Å²) in [6, 6.07) is 0. The fourth-order valence-electron chi connectivity index (χ4n) is 1.67. The van der Waals surface area contributed by atoms with E-state index in [9.17, 15) is 4.79 Å². The van der Waals surface area contributed by atoms with Gasteiger partial charge in [0.1, 0.15) is 11.3 Å². The third-order valence-electron chi connectivity index (χ3n) is 2.24. The largest absolute Gasteiger partial charge is 0.327 e. The van der Waals surface area contributed by atoms with Gasteiger partial charge in [0, 0.05) is 6.54 Å². The van der Waals surface area contributed by atoms with Gasteiger partial charge in [0.25, 0.3) is 0 Å². The van der Waals surface area contributed by atoms with Gasteiger partial charge in [-0.3, -0.25) is 9.55 Å². The van der Waals surface area contributed by atoms with Crippen molar-refractivity contribution in [3.8, 4) is 0 Å². The molecule has 16 heavy (non-hydrogen) atoms. The van der Waals surface area contributed by atoms with Crippen molar-refractivity contribution in [3.63, 3.8) is 0 Å². The van der Waals surface area contributed by atoms with Gasteiger partial charge < -0.3 is 0 Å². The molecule has 86 valence electrons. The van der Waals surface area contributed by atoms with E-state index < -0.39 is 0 Å². The quantitative estimate of drug-likeness (QED) is 0.814. The number of rotatable bonds is 2. The van der Waals surface area contributed by atoms with E-state index in [1.54, 1.807) is 11.5 Å². The van der Waals surface area contributed by atoms with E-state index in [2.05, 4.69) is 15.0 Å². The topological polar surface area (TPSA) is 63.6 Å². The third kappa shape index (κ3) is 1.82. The molecule has 2 rings (SSSR count). The Morgan fingerprint density at radius 2 is 2.12 bits per heavy atom. The predicted octanol–water partition coefficient (Wildman–Crippen LogP) is 1.74. The normalized spacial score (nSPS) is 11.6. The molecule has 2 aromatic heterocycles. The molecule has 0 aliphatic carbocycles. The summed E-state index contributed by atoms with van der Waals surface area (Å²) in [7, 11) is 0. The molecule has 0 saturated heterocycles. The Labute approximate surface area is 97.5 Å². The van der Waals surface area contributed by atoms with Crippen LogP contribution < -0.4 is 5.69 Å². The number of halogens is 1. The zero-order chi connectivity index (χ0) is 11.9. The van der Waals surface area contributed by atoms with Crippen molar-refractivity contribution in [2.75, 3.05) is 0 Å². The van der Waals surface area contributed by atoms with E-state index in [1.807, 2.05) is 13.8 Å². The Hall–Kier alpha value is -1.36. The maximum atomic E-state index is 11.7. The van der Waals surface area contributed by atoms with Crippen LogP contribution >= 0.6 is 11.6 Å². The molecule has 6 heteroatoms. The van der Waals surface area contributed by atoms with Gasteiger partial charge in [0.2, 0.25) is 0 Å². The molecule has 0 aliphatic heterocycles. The summed E-state index contributed by atoms with van der Waals surface area (Å²) in [5.41, 5.74) is 0.902. The smallest absolute Gasteiger partial charge is 0.290 e. The number of nitrogens with one attached hydrogen (secondary N) is 1. The van der Waals surface area contributed by atoms with Crippen molar-refractivity contribution in [1.29, 1.82) is 0 Å². The second-order valence-corrected chi connectivity index (χ2v) is 4.55. The average molecular weight is 241 g/mol. The minimum Gasteiger partial charge on any atom is -0.290 e. The Morgan fingerprint density at radius 3 is 2.75 bits per heavy atom. The number of imidazole rings is 1. The van der Waals surface area contributed by atoms with E-state index in [1.165, 1.54) is 0 Å². The van der Waals surface area contributed by atoms with Crippen LogP contribution in [-0.2, 0) is 6.54 Å². The standard InChI is InChI=1S/C10H13ClN4O/c1-5(2)4-15-7-8(11)12-6(3)13-9(7)14-10(15)16/h5H,4H2,1-3H3,(H,12,13,14,16). The number of fused-ring (bicyclic) bond motifs is 1. The van der Waals surface area contributed by atoms with Gasteiger partial charge in [-0.05, 0) is 12.8 Å². The first kappa shape index (κ1) is 11.1. The molecular weight excluding hydrogens is 228 g/mol. The van der Waals surface area contributed by atoms with Gasteiger partial charge in [0.15, 0.2) is 10.8 Å². The molecule has 0 aliphatic rings. The van der Waals surface area contributed by atoms with Crippen LogP contribution in [-0.4, -0.2) is 19.5 Å². The van der Waals surface area contributed by atoms with Crippen LogP contribution in [0.2, 0.25) is 5.15 Å². The van der Waals surface area contributed by atoms with E-state index in [0.717, 1.165) is 0 Å². The Morgan fingerprint density at radius 1 is 1.44 bits per heavy atom. The summed E-state index contributed by atoms with van der Waals surface area (Å²) < 4.78 is 1.59. The number of aromatic nitrogens is 4. The zero-order valence-electron chi connectivity index (χ0n) is 9.41. The maximum absolute atomic E-state index is 11.7. The summed E-state index contributed by atoms with van der Waals surface area (Å²) in [4.78, 5) is 22.6. The lowest BCUT2D eigenvalue weighted by Gasteiger charge is -2.06. The fraction of sp³-hybridized carbons (Fsp3) is 0.500. The Bertz CT molecular complexity index is 584. The number of aromatic amines is 1. The van der Waals surface area contributed by atoms with Gasteiger partial charge in [-0.2, -0.15) is 0 Å². The lowest BCUT2D eigenvalue weighted by Crippen LogP contribution is -2.19. The van der Waals surface area contributed by atoms with E-state index >= 15 is 0 Å². The summed E-state index contributed by atoms with van der Waals surface area (Å²) >= 11 is 6.03. The molecule has 5 nitrogen and oxygen atoms in total. The highest BCUT2D eigenvalue weighted by Gasteiger charge is 2.13. The number of H-pyrrole nitrogens is 1. The van der Waals surface area contributed by atoms with Crippen LogP contribution in [0.3, 0.4) is 0 Å². The molecule has 0 amide bonds. The summed E-state index contributed by atoms with van der Waals surface area (Å²) in [5.74, 6) is 0.907. The van der Waals surface area contributed by atoms with E-state index in [4.69, 9.17) is 11.6 Å². The molecule has 2 aromatic rings. The van der Waals surface area contributed by atoms with Crippen LogP contribution in [0.5, 0.6) is 0 Å². The van der Waals surface area contributed by atoms with Gasteiger partial charge in [0.05, 0.1) is 0 Å². The number of hydrogen-bond acceptors (Lipinski definition) is 3. The van der Waals surface area contributed by atoms with Gasteiger partial charge in [-0.15, -0.1) is 0 Å². The minimum atomic E-state index is -0.189. The lowest BCUT2D eigenvalue weighted by atomic mass is 10.2. The van der Waals surface area contributed by atoms with Crippen molar-refractivity contribution in [1.82, 2.24) is 19.5 Å². The van der Waals surface area contributed by atoms with Gasteiger partial charge in [-0.1, -0.05) is 25.4 Å². The second kappa shape index (κ2) is 3.90. The van der Waals surface area contributed by atoms with Crippen LogP contribution in [0.25, 0.3) is 11.2 Å². The average Bonchev–Trinajstić information content (AvgIpc) is 2.41. The molecule has 0 bridgehead atoms. The molecule has 0 atom stereocenters. The summed E-state index contributed by atoms with van der Waals surface area (Å²) in [6.07, 6.45) is 0. The highest BCUT2D eigenvalue weighted by atomic mass is 35.5. The first-order valence-electron chi connectivity index (χ1n) is 5.11. The monoisotopic (exact) mass is 240 g/mol. The fourth-order valence-corrected chi connectivity index (χ4v) is 1.98. The van der Waals surface area contributed by atoms with Crippen LogP contribution in [0.4, 0.5) is 0 Å².